The minimum absolute atomic E-state index is 0.0610. The summed E-state index contributed by atoms with van der Waals surface area (Å²) in [7, 11) is 0. The van der Waals surface area contributed by atoms with E-state index in [2.05, 4.69) is 10.6 Å². The molecular weight excluding hydrogens is 268 g/mol. The first-order valence-corrected chi connectivity index (χ1v) is 8.37. The summed E-state index contributed by atoms with van der Waals surface area (Å²) < 4.78 is 5.86. The lowest BCUT2D eigenvalue weighted by molar-refractivity contribution is -0.172. The van der Waals surface area contributed by atoms with E-state index in [-0.39, 0.29) is 23.5 Å². The maximum absolute atomic E-state index is 12.1. The fraction of sp³-hybridized carbons (Fsp3) is 0.938. The van der Waals surface area contributed by atoms with Crippen LogP contribution in [0.15, 0.2) is 0 Å². The van der Waals surface area contributed by atoms with Crippen molar-refractivity contribution >= 4 is 6.03 Å². The van der Waals surface area contributed by atoms with E-state index in [0.717, 1.165) is 13.0 Å². The topological polar surface area (TPSA) is 70.6 Å². The molecule has 5 unspecified atom stereocenters. The molecule has 0 aromatic heterocycles. The standard InChI is InChI=1S/C16H28N2O3/c1-10(8-11(2)19)9-17-15(20)18-13-12-4-7-21-14(12)16(13)5-3-6-16/h10-14,19H,3-9H2,1-2H3,(H2,17,18,20). The maximum Gasteiger partial charge on any atom is 0.315 e. The zero-order valence-electron chi connectivity index (χ0n) is 13.1. The van der Waals surface area contributed by atoms with Crippen molar-refractivity contribution in [2.24, 2.45) is 17.3 Å². The lowest BCUT2D eigenvalue weighted by atomic mass is 9.46. The zero-order valence-corrected chi connectivity index (χ0v) is 13.1. The lowest BCUT2D eigenvalue weighted by Gasteiger charge is -2.63. The van der Waals surface area contributed by atoms with Crippen LogP contribution >= 0.6 is 0 Å². The number of hydrogen-bond acceptors (Lipinski definition) is 3. The molecule has 1 aliphatic heterocycles. The predicted octanol–water partition coefficient (Wildman–Crippen LogP) is 1.65. The second-order valence-electron chi connectivity index (χ2n) is 7.35. The Morgan fingerprint density at radius 3 is 2.81 bits per heavy atom. The molecule has 3 rings (SSSR count). The van der Waals surface area contributed by atoms with Gasteiger partial charge in [0.15, 0.2) is 0 Å². The highest BCUT2D eigenvalue weighted by Gasteiger charge is 2.66. The summed E-state index contributed by atoms with van der Waals surface area (Å²) in [6.45, 7) is 5.29. The lowest BCUT2D eigenvalue weighted by Crippen LogP contribution is -2.72. The molecule has 0 aromatic rings. The molecule has 5 heteroatoms. The first-order valence-electron chi connectivity index (χ1n) is 8.37. The van der Waals surface area contributed by atoms with Crippen molar-refractivity contribution in [3.05, 3.63) is 0 Å². The van der Waals surface area contributed by atoms with Gasteiger partial charge in [-0.15, -0.1) is 0 Å². The van der Waals surface area contributed by atoms with Gasteiger partial charge in [-0.1, -0.05) is 13.3 Å². The van der Waals surface area contributed by atoms with Gasteiger partial charge in [-0.25, -0.2) is 4.79 Å². The van der Waals surface area contributed by atoms with Crippen molar-refractivity contribution < 1.29 is 14.6 Å². The Bertz CT molecular complexity index is 395. The van der Waals surface area contributed by atoms with Crippen LogP contribution in [0, 0.1) is 17.3 Å². The number of fused-ring (bicyclic) bond motifs is 2. The van der Waals surface area contributed by atoms with Crippen molar-refractivity contribution in [1.82, 2.24) is 10.6 Å². The molecule has 0 aromatic carbocycles. The normalized spacial score (nSPS) is 35.3. The van der Waals surface area contributed by atoms with Crippen LogP contribution in [0.1, 0.15) is 46.0 Å². The fourth-order valence-electron chi connectivity index (χ4n) is 4.58. The first kappa shape index (κ1) is 15.1. The molecule has 1 spiro atoms. The first-order chi connectivity index (χ1) is 10.0. The van der Waals surface area contributed by atoms with Crippen LogP contribution in [0.25, 0.3) is 0 Å². The molecule has 3 N–H and O–H groups in total. The summed E-state index contributed by atoms with van der Waals surface area (Å²) in [4.78, 5) is 12.1. The second kappa shape index (κ2) is 5.76. The highest BCUT2D eigenvalue weighted by Crippen LogP contribution is 2.62. The van der Waals surface area contributed by atoms with Crippen LogP contribution in [0.4, 0.5) is 4.79 Å². The Labute approximate surface area is 126 Å². The summed E-state index contributed by atoms with van der Waals surface area (Å²) in [6, 6.07) is 0.236. The molecule has 2 aliphatic carbocycles. The average molecular weight is 296 g/mol. The Balaban J connectivity index is 1.46. The molecule has 5 nitrogen and oxygen atoms in total. The van der Waals surface area contributed by atoms with Crippen molar-refractivity contribution in [2.75, 3.05) is 13.2 Å². The molecular formula is C16H28N2O3. The van der Waals surface area contributed by atoms with E-state index in [1.165, 1.54) is 19.3 Å². The minimum Gasteiger partial charge on any atom is -0.393 e. The van der Waals surface area contributed by atoms with Crippen molar-refractivity contribution in [3.63, 3.8) is 0 Å². The number of carbonyl (C=O) groups excluding carboxylic acids is 1. The Kier molecular flexibility index (Phi) is 4.14. The van der Waals surface area contributed by atoms with Gasteiger partial charge in [0, 0.05) is 30.5 Å². The predicted molar refractivity (Wildman–Crippen MR) is 79.9 cm³/mol. The van der Waals surface area contributed by atoms with Crippen LogP contribution in [0.2, 0.25) is 0 Å². The van der Waals surface area contributed by atoms with Gasteiger partial charge >= 0.3 is 6.03 Å². The number of aliphatic hydroxyl groups excluding tert-OH is 1. The summed E-state index contributed by atoms with van der Waals surface area (Å²) in [5.41, 5.74) is 0.240. The van der Waals surface area contributed by atoms with E-state index in [9.17, 15) is 9.90 Å². The number of ether oxygens (including phenoxy) is 1. The minimum atomic E-state index is -0.314. The molecule has 0 bridgehead atoms. The van der Waals surface area contributed by atoms with Crippen molar-refractivity contribution in [1.29, 1.82) is 0 Å². The highest BCUT2D eigenvalue weighted by atomic mass is 16.5. The quantitative estimate of drug-likeness (QED) is 0.722. The number of rotatable bonds is 5. The van der Waals surface area contributed by atoms with Crippen molar-refractivity contribution in [3.8, 4) is 0 Å². The monoisotopic (exact) mass is 296 g/mol. The molecule has 1 saturated heterocycles. The molecule has 2 amide bonds. The molecule has 21 heavy (non-hydrogen) atoms. The summed E-state index contributed by atoms with van der Waals surface area (Å²) in [6.07, 6.45) is 5.52. The van der Waals surface area contributed by atoms with E-state index in [1.807, 2.05) is 6.92 Å². The van der Waals surface area contributed by atoms with E-state index in [4.69, 9.17) is 4.74 Å². The summed E-state index contributed by atoms with van der Waals surface area (Å²) in [5, 5.41) is 15.5. The van der Waals surface area contributed by atoms with Gasteiger partial charge in [-0.3, -0.25) is 0 Å². The number of aliphatic hydroxyl groups is 1. The van der Waals surface area contributed by atoms with Crippen LogP contribution in [0.5, 0.6) is 0 Å². The highest BCUT2D eigenvalue weighted by molar-refractivity contribution is 5.74. The van der Waals surface area contributed by atoms with E-state index < -0.39 is 0 Å². The van der Waals surface area contributed by atoms with Crippen LogP contribution in [-0.4, -0.2) is 42.5 Å². The Morgan fingerprint density at radius 1 is 1.43 bits per heavy atom. The molecule has 3 aliphatic rings. The van der Waals surface area contributed by atoms with Crippen LogP contribution in [0.3, 0.4) is 0 Å². The number of carbonyl (C=O) groups is 1. The van der Waals surface area contributed by atoms with Gasteiger partial charge in [-0.05, 0) is 38.5 Å². The average Bonchev–Trinajstić information content (AvgIpc) is 2.76. The molecule has 3 fully saturated rings. The third kappa shape index (κ3) is 2.66. The van der Waals surface area contributed by atoms with Gasteiger partial charge < -0.3 is 20.5 Å². The van der Waals surface area contributed by atoms with Gasteiger partial charge in [0.2, 0.25) is 0 Å². The Hall–Kier alpha value is -0.810. The number of urea groups is 1. The smallest absolute Gasteiger partial charge is 0.315 e. The van der Waals surface area contributed by atoms with Crippen LogP contribution < -0.4 is 10.6 Å². The third-order valence-corrected chi connectivity index (χ3v) is 5.68. The Morgan fingerprint density at radius 2 is 2.19 bits per heavy atom. The van der Waals surface area contributed by atoms with E-state index in [0.29, 0.717) is 31.0 Å². The fourth-order valence-corrected chi connectivity index (χ4v) is 4.58. The van der Waals surface area contributed by atoms with Gasteiger partial charge in [0.1, 0.15) is 0 Å². The van der Waals surface area contributed by atoms with E-state index >= 15 is 0 Å². The maximum atomic E-state index is 12.1. The van der Waals surface area contributed by atoms with Gasteiger partial charge in [0.05, 0.1) is 12.2 Å². The number of nitrogens with one attached hydrogen (secondary N) is 2. The number of amides is 2. The van der Waals surface area contributed by atoms with Crippen molar-refractivity contribution in [2.45, 2.75) is 64.2 Å². The molecule has 0 radical (unpaired) electrons. The molecule has 120 valence electrons. The number of hydrogen-bond donors (Lipinski definition) is 3. The molecule has 1 heterocycles. The SMILES string of the molecule is CC(O)CC(C)CNC(=O)NC1C2CCOC2C12CCC2. The summed E-state index contributed by atoms with van der Waals surface area (Å²) >= 11 is 0. The molecule has 5 atom stereocenters. The second-order valence-corrected chi connectivity index (χ2v) is 7.35. The summed E-state index contributed by atoms with van der Waals surface area (Å²) in [5.74, 6) is 0.809. The molecule has 2 saturated carbocycles. The third-order valence-electron chi connectivity index (χ3n) is 5.68. The van der Waals surface area contributed by atoms with Gasteiger partial charge in [0.25, 0.3) is 0 Å². The zero-order chi connectivity index (χ0) is 15.0. The van der Waals surface area contributed by atoms with Crippen LogP contribution in [-0.2, 0) is 4.74 Å². The van der Waals surface area contributed by atoms with E-state index in [1.54, 1.807) is 6.92 Å². The van der Waals surface area contributed by atoms with Gasteiger partial charge in [-0.2, -0.15) is 0 Å². The largest absolute Gasteiger partial charge is 0.393 e.